The minimum absolute atomic E-state index is 0.211. The fraction of sp³-hybridized carbons (Fsp3) is 0.294. The quantitative estimate of drug-likeness (QED) is 0.762. The summed E-state index contributed by atoms with van der Waals surface area (Å²) in [5, 5.41) is 4.04. The molecule has 0 saturated carbocycles. The Kier molecular flexibility index (Phi) is 6.12. The molecule has 2 aromatic carbocycles. The molecule has 0 saturated heterocycles. The van der Waals surface area contributed by atoms with Crippen LogP contribution in [0.15, 0.2) is 40.9 Å². The van der Waals surface area contributed by atoms with Crippen LogP contribution >= 0.6 is 27.5 Å². The van der Waals surface area contributed by atoms with Gasteiger partial charge in [0, 0.05) is 17.1 Å². The molecule has 0 heterocycles. The maximum atomic E-state index is 6.23. The highest BCUT2D eigenvalue weighted by atomic mass is 79.9. The van der Waals surface area contributed by atoms with E-state index >= 15 is 0 Å². The maximum absolute atomic E-state index is 6.23. The minimum atomic E-state index is 0.211. The van der Waals surface area contributed by atoms with Gasteiger partial charge in [-0.3, -0.25) is 0 Å². The van der Waals surface area contributed by atoms with Gasteiger partial charge in [0.15, 0.2) is 11.5 Å². The van der Waals surface area contributed by atoms with Gasteiger partial charge in [0.25, 0.3) is 0 Å². The molecular weight excluding hydrogens is 366 g/mol. The molecule has 1 N–H and O–H groups in total. The van der Waals surface area contributed by atoms with Gasteiger partial charge in [-0.15, -0.1) is 0 Å². The molecule has 0 unspecified atom stereocenters. The zero-order valence-corrected chi connectivity index (χ0v) is 15.2. The van der Waals surface area contributed by atoms with Crippen molar-refractivity contribution in [3.8, 4) is 11.5 Å². The fourth-order valence-electron chi connectivity index (χ4n) is 2.28. The smallest absolute Gasteiger partial charge is 0.179 e. The first-order valence-electron chi connectivity index (χ1n) is 6.95. The number of hydrogen-bond donors (Lipinski definition) is 1. The number of hydrogen-bond acceptors (Lipinski definition) is 3. The lowest BCUT2D eigenvalue weighted by atomic mass is 10.1. The fourth-order valence-corrected chi connectivity index (χ4v) is 3.22. The Morgan fingerprint density at radius 2 is 1.91 bits per heavy atom. The van der Waals surface area contributed by atoms with Crippen LogP contribution in [-0.2, 0) is 6.54 Å². The summed E-state index contributed by atoms with van der Waals surface area (Å²) in [7, 11) is 3.19. The second-order valence-electron chi connectivity index (χ2n) is 4.94. The predicted molar refractivity (Wildman–Crippen MR) is 94.0 cm³/mol. The van der Waals surface area contributed by atoms with E-state index in [9.17, 15) is 0 Å². The number of halogens is 2. The molecule has 2 rings (SSSR count). The Balaban J connectivity index is 2.12. The Labute approximate surface area is 144 Å². The third kappa shape index (κ3) is 3.94. The summed E-state index contributed by atoms with van der Waals surface area (Å²) in [6.07, 6.45) is 0. The summed E-state index contributed by atoms with van der Waals surface area (Å²) in [6.45, 7) is 2.81. The summed E-state index contributed by atoms with van der Waals surface area (Å²) in [6, 6.07) is 12.2. The molecule has 0 aromatic heterocycles. The highest BCUT2D eigenvalue weighted by molar-refractivity contribution is 9.10. The zero-order valence-electron chi connectivity index (χ0n) is 12.8. The number of nitrogens with one attached hydrogen (secondary N) is 1. The summed E-state index contributed by atoms with van der Waals surface area (Å²) in [5.41, 5.74) is 2.26. The van der Waals surface area contributed by atoms with Gasteiger partial charge in [0.05, 0.1) is 19.2 Å². The largest absolute Gasteiger partial charge is 0.493 e. The molecule has 22 heavy (non-hydrogen) atoms. The van der Waals surface area contributed by atoms with Gasteiger partial charge in [-0.05, 0) is 36.2 Å². The van der Waals surface area contributed by atoms with E-state index in [2.05, 4.69) is 34.2 Å². The summed E-state index contributed by atoms with van der Waals surface area (Å²) in [5.74, 6) is 1.20. The Hall–Kier alpha value is -1.23. The lowest BCUT2D eigenvalue weighted by Gasteiger charge is -2.17. The van der Waals surface area contributed by atoms with E-state index in [1.807, 2.05) is 30.3 Å². The molecule has 5 heteroatoms. The van der Waals surface area contributed by atoms with Gasteiger partial charge < -0.3 is 14.8 Å². The van der Waals surface area contributed by atoms with Crippen LogP contribution in [0, 0.1) is 0 Å². The first-order valence-corrected chi connectivity index (χ1v) is 8.12. The average Bonchev–Trinajstić information content (AvgIpc) is 2.52. The van der Waals surface area contributed by atoms with Crippen molar-refractivity contribution in [2.45, 2.75) is 19.5 Å². The molecule has 0 aliphatic rings. The topological polar surface area (TPSA) is 30.5 Å². The van der Waals surface area contributed by atoms with Gasteiger partial charge in [0.2, 0.25) is 0 Å². The van der Waals surface area contributed by atoms with Crippen LogP contribution in [0.1, 0.15) is 24.1 Å². The Morgan fingerprint density at radius 3 is 2.55 bits per heavy atom. The number of ether oxygens (including phenoxy) is 2. The molecule has 2 aromatic rings. The van der Waals surface area contributed by atoms with Crippen LogP contribution < -0.4 is 14.8 Å². The lowest BCUT2D eigenvalue weighted by Crippen LogP contribution is -2.18. The molecule has 0 aliphatic heterocycles. The van der Waals surface area contributed by atoms with Gasteiger partial charge >= 0.3 is 0 Å². The third-order valence-electron chi connectivity index (χ3n) is 3.48. The summed E-state index contributed by atoms with van der Waals surface area (Å²) < 4.78 is 11.7. The molecule has 3 nitrogen and oxygen atoms in total. The number of methoxy groups -OCH3 is 2. The van der Waals surface area contributed by atoms with Crippen molar-refractivity contribution in [1.29, 1.82) is 0 Å². The molecule has 118 valence electrons. The van der Waals surface area contributed by atoms with Crippen molar-refractivity contribution in [3.05, 3.63) is 57.0 Å². The third-order valence-corrected chi connectivity index (χ3v) is 4.48. The van der Waals surface area contributed by atoms with Gasteiger partial charge in [-0.2, -0.15) is 0 Å². The monoisotopic (exact) mass is 383 g/mol. The van der Waals surface area contributed by atoms with Crippen LogP contribution in [-0.4, -0.2) is 14.2 Å². The van der Waals surface area contributed by atoms with Crippen LogP contribution in [0.3, 0.4) is 0 Å². The van der Waals surface area contributed by atoms with Gasteiger partial charge in [-0.1, -0.05) is 45.7 Å². The highest BCUT2D eigenvalue weighted by Crippen LogP contribution is 2.36. The molecule has 0 aliphatic carbocycles. The van der Waals surface area contributed by atoms with Gasteiger partial charge in [-0.25, -0.2) is 0 Å². The van der Waals surface area contributed by atoms with Crippen LogP contribution in [0.25, 0.3) is 0 Å². The SMILES string of the molecule is COc1cc(CN[C@H](C)c2ccccc2Br)cc(Cl)c1OC. The highest BCUT2D eigenvalue weighted by Gasteiger charge is 2.12. The average molecular weight is 385 g/mol. The predicted octanol–water partition coefficient (Wildman–Crippen LogP) is 4.97. The minimum Gasteiger partial charge on any atom is -0.493 e. The molecule has 0 spiro atoms. The number of benzene rings is 2. The standard InChI is InChI=1S/C17H19BrClNO2/c1-11(13-6-4-5-7-14(13)18)20-10-12-8-15(19)17(22-3)16(9-12)21-2/h4-9,11,20H,10H2,1-3H3/t11-/m1/s1. The zero-order chi connectivity index (χ0) is 16.1. The Morgan fingerprint density at radius 1 is 1.18 bits per heavy atom. The van der Waals surface area contributed by atoms with Crippen LogP contribution in [0.4, 0.5) is 0 Å². The van der Waals surface area contributed by atoms with E-state index in [0.717, 1.165) is 10.0 Å². The number of rotatable bonds is 6. The van der Waals surface area contributed by atoms with Crippen molar-refractivity contribution < 1.29 is 9.47 Å². The van der Waals surface area contributed by atoms with E-state index in [1.165, 1.54) is 5.56 Å². The molecule has 0 amide bonds. The van der Waals surface area contributed by atoms with Crippen molar-refractivity contribution in [2.24, 2.45) is 0 Å². The van der Waals surface area contributed by atoms with E-state index in [0.29, 0.717) is 23.1 Å². The first-order chi connectivity index (χ1) is 10.6. The van der Waals surface area contributed by atoms with Crippen LogP contribution in [0.5, 0.6) is 11.5 Å². The molecule has 0 radical (unpaired) electrons. The normalized spacial score (nSPS) is 12.0. The maximum Gasteiger partial charge on any atom is 0.179 e. The second kappa shape index (κ2) is 7.86. The Bertz CT molecular complexity index is 649. The van der Waals surface area contributed by atoms with E-state index in [4.69, 9.17) is 21.1 Å². The summed E-state index contributed by atoms with van der Waals surface area (Å²) in [4.78, 5) is 0. The van der Waals surface area contributed by atoms with Crippen molar-refractivity contribution in [2.75, 3.05) is 14.2 Å². The first kappa shape index (κ1) is 17.1. The summed E-state index contributed by atoms with van der Waals surface area (Å²) >= 11 is 9.81. The molecular formula is C17H19BrClNO2. The van der Waals surface area contributed by atoms with Crippen LogP contribution in [0.2, 0.25) is 5.02 Å². The van der Waals surface area contributed by atoms with Crippen molar-refractivity contribution in [1.82, 2.24) is 5.32 Å². The second-order valence-corrected chi connectivity index (χ2v) is 6.20. The molecule has 0 fully saturated rings. The van der Waals surface area contributed by atoms with E-state index < -0.39 is 0 Å². The molecule has 1 atom stereocenters. The van der Waals surface area contributed by atoms with Crippen molar-refractivity contribution in [3.63, 3.8) is 0 Å². The lowest BCUT2D eigenvalue weighted by molar-refractivity contribution is 0.354. The van der Waals surface area contributed by atoms with E-state index in [-0.39, 0.29) is 6.04 Å². The van der Waals surface area contributed by atoms with Gasteiger partial charge in [0.1, 0.15) is 0 Å². The van der Waals surface area contributed by atoms with E-state index in [1.54, 1.807) is 14.2 Å². The van der Waals surface area contributed by atoms with Crippen molar-refractivity contribution >= 4 is 27.5 Å². The molecule has 0 bridgehead atoms.